The Morgan fingerprint density at radius 1 is 1.24 bits per heavy atom. The smallest absolute Gasteiger partial charge is 0.322 e. The summed E-state index contributed by atoms with van der Waals surface area (Å²) >= 11 is 3.46. The molecule has 25 heavy (non-hydrogen) atoms. The molecule has 7 heteroatoms. The van der Waals surface area contributed by atoms with E-state index in [1.54, 1.807) is 7.11 Å². The first-order chi connectivity index (χ1) is 12.2. The maximum Gasteiger partial charge on any atom is 0.322 e. The fraction of sp³-hybridized carbons (Fsp3) is 0.444. The molecule has 132 valence electrons. The third kappa shape index (κ3) is 3.13. The lowest BCUT2D eigenvalue weighted by molar-refractivity contribution is 0.129. The number of ether oxygens (including phenoxy) is 1. The zero-order chi connectivity index (χ0) is 17.4. The van der Waals surface area contributed by atoms with Gasteiger partial charge in [0.15, 0.2) is 0 Å². The second-order valence-electron chi connectivity index (χ2n) is 6.69. The predicted molar refractivity (Wildman–Crippen MR) is 98.9 cm³/mol. The topological polar surface area (TPSA) is 59.4 Å². The fourth-order valence-electron chi connectivity index (χ4n) is 4.14. The quantitative estimate of drug-likeness (QED) is 0.838. The number of nitrogens with one attached hydrogen (secondary N) is 1. The summed E-state index contributed by atoms with van der Waals surface area (Å²) in [5, 5.41) is 7.45. The first kappa shape index (κ1) is 16.4. The highest BCUT2D eigenvalue weighted by atomic mass is 79.9. The molecule has 2 unspecified atom stereocenters. The van der Waals surface area contributed by atoms with Crippen LogP contribution in [0.1, 0.15) is 31.7 Å². The molecule has 6 nitrogen and oxygen atoms in total. The van der Waals surface area contributed by atoms with Crippen molar-refractivity contribution >= 4 is 27.6 Å². The molecular formula is C18H21BrN4O2. The molecule has 0 spiro atoms. The van der Waals surface area contributed by atoms with Crippen molar-refractivity contribution in [3.05, 3.63) is 41.1 Å². The summed E-state index contributed by atoms with van der Waals surface area (Å²) in [5.41, 5.74) is 0.715. The Bertz CT molecular complexity index is 764. The number of hydrogen-bond donors (Lipinski definition) is 1. The summed E-state index contributed by atoms with van der Waals surface area (Å²) in [6.07, 6.45) is 7.86. The van der Waals surface area contributed by atoms with Crippen LogP contribution < -0.4 is 10.1 Å². The molecule has 0 aliphatic carbocycles. The number of nitrogens with zero attached hydrogens (tertiary/aromatic N) is 3. The van der Waals surface area contributed by atoms with Crippen molar-refractivity contribution < 1.29 is 9.53 Å². The van der Waals surface area contributed by atoms with Gasteiger partial charge in [0.1, 0.15) is 5.75 Å². The van der Waals surface area contributed by atoms with Crippen LogP contribution in [-0.4, -0.2) is 39.9 Å². The van der Waals surface area contributed by atoms with Crippen LogP contribution in [0, 0.1) is 0 Å². The third-order valence-corrected chi connectivity index (χ3v) is 5.64. The zero-order valence-corrected chi connectivity index (χ0v) is 15.6. The SMILES string of the molecule is COc1ccccc1NC(=O)N1C2CCC1CC(n1cc(Br)cn1)C2. The van der Waals surface area contributed by atoms with Gasteiger partial charge >= 0.3 is 6.03 Å². The van der Waals surface area contributed by atoms with E-state index < -0.39 is 0 Å². The van der Waals surface area contributed by atoms with Crippen LogP contribution in [0.15, 0.2) is 41.1 Å². The van der Waals surface area contributed by atoms with Crippen LogP contribution in [-0.2, 0) is 0 Å². The summed E-state index contributed by atoms with van der Waals surface area (Å²) in [6.45, 7) is 0. The monoisotopic (exact) mass is 404 g/mol. The van der Waals surface area contributed by atoms with E-state index in [0.717, 1.165) is 30.2 Å². The molecule has 4 rings (SSSR count). The average molecular weight is 405 g/mol. The number of methoxy groups -OCH3 is 1. The largest absolute Gasteiger partial charge is 0.495 e. The van der Waals surface area contributed by atoms with Gasteiger partial charge in [-0.3, -0.25) is 4.68 Å². The third-order valence-electron chi connectivity index (χ3n) is 5.24. The lowest BCUT2D eigenvalue weighted by Gasteiger charge is -2.39. The summed E-state index contributed by atoms with van der Waals surface area (Å²) in [5.74, 6) is 0.680. The van der Waals surface area contributed by atoms with E-state index in [2.05, 4.69) is 26.3 Å². The first-order valence-electron chi connectivity index (χ1n) is 8.57. The highest BCUT2D eigenvalue weighted by Crippen LogP contribution is 2.41. The number of piperidine rings is 1. The van der Waals surface area contributed by atoms with Gasteiger partial charge in [0, 0.05) is 18.3 Å². The summed E-state index contributed by atoms with van der Waals surface area (Å²) in [4.78, 5) is 14.9. The van der Waals surface area contributed by atoms with E-state index in [1.165, 1.54) is 0 Å². The van der Waals surface area contributed by atoms with Crippen LogP contribution >= 0.6 is 15.9 Å². The molecule has 2 bridgehead atoms. The molecule has 2 aliphatic heterocycles. The van der Waals surface area contributed by atoms with E-state index in [-0.39, 0.29) is 18.1 Å². The van der Waals surface area contributed by atoms with Gasteiger partial charge in [-0.25, -0.2) is 4.79 Å². The van der Waals surface area contributed by atoms with Crippen molar-refractivity contribution in [1.82, 2.24) is 14.7 Å². The van der Waals surface area contributed by atoms with Crippen molar-refractivity contribution in [3.63, 3.8) is 0 Å². The molecular weight excluding hydrogens is 384 g/mol. The normalized spacial score (nSPS) is 25.0. The Morgan fingerprint density at radius 3 is 2.60 bits per heavy atom. The number of rotatable bonds is 3. The average Bonchev–Trinajstić information content (AvgIpc) is 3.16. The molecule has 2 amide bonds. The molecule has 1 aromatic heterocycles. The Balaban J connectivity index is 1.48. The Labute approximate surface area is 155 Å². The lowest BCUT2D eigenvalue weighted by Crippen LogP contribution is -2.48. The standard InChI is InChI=1S/C18H21BrN4O2/c1-25-17-5-3-2-4-16(17)21-18(24)23-13-6-7-14(23)9-15(8-13)22-11-12(19)10-20-22/h2-5,10-11,13-15H,6-9H2,1H3,(H,21,24). The molecule has 1 aromatic carbocycles. The van der Waals surface area contributed by atoms with Crippen LogP contribution in [0.4, 0.5) is 10.5 Å². The number of anilines is 1. The van der Waals surface area contributed by atoms with Gasteiger partial charge in [-0.15, -0.1) is 0 Å². The van der Waals surface area contributed by atoms with Crippen LogP contribution in [0.5, 0.6) is 5.75 Å². The number of aromatic nitrogens is 2. The number of benzene rings is 1. The number of carbonyl (C=O) groups is 1. The minimum atomic E-state index is -0.0305. The van der Waals surface area contributed by atoms with Gasteiger partial charge in [0.25, 0.3) is 0 Å². The highest BCUT2D eigenvalue weighted by molar-refractivity contribution is 9.10. The molecule has 2 saturated heterocycles. The van der Waals surface area contributed by atoms with E-state index in [1.807, 2.05) is 46.2 Å². The van der Waals surface area contributed by atoms with Crippen molar-refractivity contribution in [1.29, 1.82) is 0 Å². The van der Waals surface area contributed by atoms with Gasteiger partial charge < -0.3 is 15.0 Å². The Kier molecular flexibility index (Phi) is 4.41. The maximum absolute atomic E-state index is 12.9. The molecule has 2 aromatic rings. The zero-order valence-electron chi connectivity index (χ0n) is 14.1. The van der Waals surface area contributed by atoms with Crippen LogP contribution in [0.3, 0.4) is 0 Å². The molecule has 3 heterocycles. The van der Waals surface area contributed by atoms with E-state index in [9.17, 15) is 4.79 Å². The highest BCUT2D eigenvalue weighted by Gasteiger charge is 2.44. The second kappa shape index (κ2) is 6.71. The maximum atomic E-state index is 12.9. The molecule has 0 radical (unpaired) electrons. The van der Waals surface area contributed by atoms with Gasteiger partial charge in [0.05, 0.1) is 29.5 Å². The fourth-order valence-corrected chi connectivity index (χ4v) is 4.44. The summed E-state index contributed by atoms with van der Waals surface area (Å²) < 4.78 is 8.36. The van der Waals surface area contributed by atoms with Crippen LogP contribution in [0.25, 0.3) is 0 Å². The van der Waals surface area contributed by atoms with E-state index in [0.29, 0.717) is 17.5 Å². The van der Waals surface area contributed by atoms with Crippen LogP contribution in [0.2, 0.25) is 0 Å². The minimum Gasteiger partial charge on any atom is -0.495 e. The number of amides is 2. The Hall–Kier alpha value is -2.02. The van der Waals surface area contributed by atoms with Gasteiger partial charge in [-0.1, -0.05) is 12.1 Å². The van der Waals surface area contributed by atoms with Crippen molar-refractivity contribution in [2.45, 2.75) is 43.8 Å². The predicted octanol–water partition coefficient (Wildman–Crippen LogP) is 4.05. The summed E-state index contributed by atoms with van der Waals surface area (Å²) in [7, 11) is 1.61. The van der Waals surface area contributed by atoms with Gasteiger partial charge in [-0.2, -0.15) is 5.10 Å². The summed E-state index contributed by atoms with van der Waals surface area (Å²) in [6, 6.07) is 8.37. The molecule has 2 fully saturated rings. The van der Waals surface area contributed by atoms with E-state index >= 15 is 0 Å². The van der Waals surface area contributed by atoms with E-state index in [4.69, 9.17) is 4.74 Å². The molecule has 1 N–H and O–H groups in total. The van der Waals surface area contributed by atoms with Gasteiger partial charge in [0.2, 0.25) is 0 Å². The number of halogens is 1. The molecule has 0 saturated carbocycles. The number of para-hydroxylation sites is 2. The number of urea groups is 1. The number of fused-ring (bicyclic) bond motifs is 2. The number of carbonyl (C=O) groups excluding carboxylic acids is 1. The van der Waals surface area contributed by atoms with Crippen molar-refractivity contribution in [2.24, 2.45) is 0 Å². The lowest BCUT2D eigenvalue weighted by atomic mass is 9.98. The molecule has 2 atom stereocenters. The molecule has 2 aliphatic rings. The van der Waals surface area contributed by atoms with Crippen molar-refractivity contribution in [2.75, 3.05) is 12.4 Å². The number of hydrogen-bond acceptors (Lipinski definition) is 3. The second-order valence-corrected chi connectivity index (χ2v) is 7.60. The van der Waals surface area contributed by atoms with Crippen molar-refractivity contribution in [3.8, 4) is 5.75 Å². The van der Waals surface area contributed by atoms with Gasteiger partial charge in [-0.05, 0) is 53.7 Å². The minimum absolute atomic E-state index is 0.0305. The Morgan fingerprint density at radius 2 is 1.96 bits per heavy atom. The first-order valence-corrected chi connectivity index (χ1v) is 9.37.